The molecule has 118 valence electrons. The van der Waals surface area contributed by atoms with Crippen molar-refractivity contribution in [3.8, 4) is 0 Å². The summed E-state index contributed by atoms with van der Waals surface area (Å²) in [5.41, 5.74) is 5.20. The highest BCUT2D eigenvalue weighted by atomic mass is 127. The summed E-state index contributed by atoms with van der Waals surface area (Å²) in [6.45, 7) is 6.16. The number of benzene rings is 1. The van der Waals surface area contributed by atoms with Gasteiger partial charge in [0, 0.05) is 61.6 Å². The number of aromatic nitrogens is 1. The van der Waals surface area contributed by atoms with Crippen molar-refractivity contribution in [3.05, 3.63) is 46.8 Å². The van der Waals surface area contributed by atoms with Gasteiger partial charge in [-0.15, -0.1) is 0 Å². The molecule has 0 saturated heterocycles. The van der Waals surface area contributed by atoms with E-state index in [1.54, 1.807) is 9.12 Å². The number of rotatable bonds is 5. The molecule has 2 rings (SSSR count). The van der Waals surface area contributed by atoms with Crippen LogP contribution in [-0.2, 0) is 6.42 Å². The van der Waals surface area contributed by atoms with E-state index in [2.05, 4.69) is 47.2 Å². The minimum Gasteiger partial charge on any atom is -0.383 e. The second-order valence-corrected chi connectivity index (χ2v) is 7.37. The van der Waals surface area contributed by atoms with Crippen LogP contribution in [0.25, 0.3) is 10.9 Å². The zero-order valence-corrected chi connectivity index (χ0v) is 16.6. The molecule has 22 heavy (non-hydrogen) atoms. The van der Waals surface area contributed by atoms with E-state index in [0.29, 0.717) is 0 Å². The summed E-state index contributed by atoms with van der Waals surface area (Å²) < 4.78 is 2.03. The third-order valence-corrected chi connectivity index (χ3v) is 5.42. The van der Waals surface area contributed by atoms with Gasteiger partial charge in [0.25, 0.3) is 0 Å². The lowest BCUT2D eigenvalue weighted by Crippen LogP contribution is -2.10. The van der Waals surface area contributed by atoms with E-state index in [1.807, 2.05) is 42.2 Å². The summed E-state index contributed by atoms with van der Waals surface area (Å²) in [5, 5.41) is 1.12. The van der Waals surface area contributed by atoms with Gasteiger partial charge < -0.3 is 4.90 Å². The highest BCUT2D eigenvalue weighted by molar-refractivity contribution is 14.2. The number of aryl methyl sites for hydroxylation is 2. The van der Waals surface area contributed by atoms with E-state index in [-0.39, 0.29) is 5.78 Å². The monoisotopic (exact) mass is 428 g/mol. The predicted octanol–water partition coefficient (Wildman–Crippen LogP) is 5.01. The molecule has 0 aliphatic heterocycles. The van der Waals surface area contributed by atoms with Gasteiger partial charge in [-0.25, -0.2) is 0 Å². The summed E-state index contributed by atoms with van der Waals surface area (Å²) in [6, 6.07) is 6.39. The SMILES string of the molecule is CCc1cc2c(cc1C)cc(C(=O)/C(C)=C/N(C)C)n2SI. The minimum absolute atomic E-state index is 0.0739. The molecule has 3 nitrogen and oxygen atoms in total. The number of Topliss-reactive ketones (excluding diaryl/α,β-unsaturated/α-hetero) is 1. The van der Waals surface area contributed by atoms with Gasteiger partial charge in [-0.3, -0.25) is 8.77 Å². The smallest absolute Gasteiger partial charge is 0.207 e. The van der Waals surface area contributed by atoms with E-state index in [4.69, 9.17) is 0 Å². The van der Waals surface area contributed by atoms with Crippen LogP contribution >= 0.6 is 30.3 Å². The Kier molecular flexibility index (Phi) is 5.60. The summed E-state index contributed by atoms with van der Waals surface area (Å²) in [7, 11) is 5.40. The molecule has 0 saturated carbocycles. The molecule has 0 aliphatic carbocycles. The molecule has 0 aliphatic rings. The molecular formula is C17H21IN2OS. The molecule has 0 atom stereocenters. The normalized spacial score (nSPS) is 12.0. The first-order valence-corrected chi connectivity index (χ1v) is 10.5. The zero-order valence-electron chi connectivity index (χ0n) is 13.6. The summed E-state index contributed by atoms with van der Waals surface area (Å²) in [5.74, 6) is 0.0739. The van der Waals surface area contributed by atoms with Crippen molar-refractivity contribution in [1.29, 1.82) is 0 Å². The van der Waals surface area contributed by atoms with Crippen molar-refractivity contribution in [3.63, 3.8) is 0 Å². The Morgan fingerprint density at radius 1 is 1.36 bits per heavy atom. The Balaban J connectivity index is 2.62. The predicted molar refractivity (Wildman–Crippen MR) is 105 cm³/mol. The van der Waals surface area contributed by atoms with Crippen LogP contribution in [0.15, 0.2) is 30.0 Å². The molecule has 2 aromatic rings. The van der Waals surface area contributed by atoms with Gasteiger partial charge in [-0.05, 0) is 49.6 Å². The van der Waals surface area contributed by atoms with E-state index in [9.17, 15) is 4.79 Å². The van der Waals surface area contributed by atoms with Crippen molar-refractivity contribution in [2.24, 2.45) is 0 Å². The lowest BCUT2D eigenvalue weighted by Gasteiger charge is -2.09. The van der Waals surface area contributed by atoms with Crippen LogP contribution in [0.1, 0.15) is 35.5 Å². The molecule has 1 heterocycles. The van der Waals surface area contributed by atoms with Crippen LogP contribution in [-0.4, -0.2) is 28.8 Å². The first kappa shape index (κ1) is 17.4. The van der Waals surface area contributed by atoms with Crippen molar-refractivity contribution in [1.82, 2.24) is 8.87 Å². The van der Waals surface area contributed by atoms with Gasteiger partial charge in [0.2, 0.25) is 5.78 Å². The summed E-state index contributed by atoms with van der Waals surface area (Å²) in [6.07, 6.45) is 2.87. The first-order chi connectivity index (χ1) is 10.4. The number of fused-ring (bicyclic) bond motifs is 1. The van der Waals surface area contributed by atoms with E-state index in [1.165, 1.54) is 11.1 Å². The van der Waals surface area contributed by atoms with Gasteiger partial charge in [-0.2, -0.15) is 0 Å². The number of carbonyl (C=O) groups is 1. The first-order valence-electron chi connectivity index (χ1n) is 7.22. The summed E-state index contributed by atoms with van der Waals surface area (Å²) in [4.78, 5) is 14.6. The van der Waals surface area contributed by atoms with E-state index in [0.717, 1.165) is 28.6 Å². The molecule has 0 fully saturated rings. The van der Waals surface area contributed by atoms with Crippen LogP contribution in [0, 0.1) is 6.92 Å². The maximum Gasteiger partial charge on any atom is 0.207 e. The fraction of sp³-hybridized carbons (Fsp3) is 0.353. The molecule has 0 bridgehead atoms. The van der Waals surface area contributed by atoms with E-state index >= 15 is 0 Å². The number of hydrogen-bond donors (Lipinski definition) is 0. The van der Waals surface area contributed by atoms with Crippen molar-refractivity contribution < 1.29 is 4.79 Å². The molecule has 1 aromatic carbocycles. The Morgan fingerprint density at radius 3 is 2.59 bits per heavy atom. The number of ketones is 1. The number of carbonyl (C=O) groups excluding carboxylic acids is 1. The standard InChI is InChI=1S/C17H21IN2OS/c1-6-13-8-15-14(7-11(13)2)9-16(20(15)22-18)17(21)12(3)10-19(4)5/h7-10H,6H2,1-5H3/b12-10+. The van der Waals surface area contributed by atoms with Crippen molar-refractivity contribution in [2.45, 2.75) is 27.2 Å². The molecule has 0 N–H and O–H groups in total. The molecule has 0 unspecified atom stereocenters. The van der Waals surface area contributed by atoms with Crippen LogP contribution in [0.5, 0.6) is 0 Å². The molecule has 1 aromatic heterocycles. The van der Waals surface area contributed by atoms with Crippen molar-refractivity contribution in [2.75, 3.05) is 14.1 Å². The summed E-state index contributed by atoms with van der Waals surface area (Å²) >= 11 is 2.24. The minimum atomic E-state index is 0.0739. The second kappa shape index (κ2) is 7.08. The molecule has 0 spiro atoms. The third-order valence-electron chi connectivity index (χ3n) is 3.71. The molecular weight excluding hydrogens is 407 g/mol. The van der Waals surface area contributed by atoms with E-state index < -0.39 is 0 Å². The van der Waals surface area contributed by atoms with Crippen LogP contribution in [0.3, 0.4) is 0 Å². The van der Waals surface area contributed by atoms with Crippen LogP contribution < -0.4 is 0 Å². The van der Waals surface area contributed by atoms with Gasteiger partial charge in [0.05, 0.1) is 5.52 Å². The average Bonchev–Trinajstić information content (AvgIpc) is 2.81. The fourth-order valence-corrected chi connectivity index (χ4v) is 4.37. The highest BCUT2D eigenvalue weighted by Gasteiger charge is 2.18. The Labute approximate surface area is 148 Å². The molecule has 0 radical (unpaired) electrons. The lowest BCUT2D eigenvalue weighted by molar-refractivity contribution is 0.102. The average molecular weight is 428 g/mol. The van der Waals surface area contributed by atoms with Gasteiger partial charge in [-0.1, -0.05) is 6.92 Å². The Morgan fingerprint density at radius 2 is 2.05 bits per heavy atom. The molecule has 5 heteroatoms. The Hall–Kier alpha value is -0.950. The van der Waals surface area contributed by atoms with Crippen molar-refractivity contribution >= 4 is 47.0 Å². The largest absolute Gasteiger partial charge is 0.383 e. The number of hydrogen-bond acceptors (Lipinski definition) is 3. The molecule has 0 amide bonds. The third kappa shape index (κ3) is 3.35. The number of allylic oxidation sites excluding steroid dienone is 1. The zero-order chi connectivity index (χ0) is 16.4. The maximum absolute atomic E-state index is 12.7. The Bertz CT molecular complexity index is 747. The van der Waals surface area contributed by atoms with Crippen LogP contribution in [0.2, 0.25) is 0 Å². The number of nitrogens with zero attached hydrogens (tertiary/aromatic N) is 2. The van der Waals surface area contributed by atoms with Gasteiger partial charge in [0.15, 0.2) is 0 Å². The topological polar surface area (TPSA) is 25.2 Å². The lowest BCUT2D eigenvalue weighted by atomic mass is 10.0. The quantitative estimate of drug-likeness (QED) is 0.381. The van der Waals surface area contributed by atoms with Gasteiger partial charge >= 0.3 is 0 Å². The van der Waals surface area contributed by atoms with Gasteiger partial charge in [0.1, 0.15) is 5.69 Å². The second-order valence-electron chi connectivity index (χ2n) is 5.69. The highest BCUT2D eigenvalue weighted by Crippen LogP contribution is 2.31. The van der Waals surface area contributed by atoms with Crippen LogP contribution in [0.4, 0.5) is 0 Å². The maximum atomic E-state index is 12.7. The number of halogens is 1. The fourth-order valence-electron chi connectivity index (χ4n) is 2.65.